The number of nitrogens with zero attached hydrogens (tertiary/aromatic N) is 1. The first-order chi connectivity index (χ1) is 14.4. The Kier molecular flexibility index (Phi) is 6.26. The summed E-state index contributed by atoms with van der Waals surface area (Å²) in [6.07, 6.45) is 1.45. The van der Waals surface area contributed by atoms with Crippen LogP contribution in [0.5, 0.6) is 5.75 Å². The van der Waals surface area contributed by atoms with Crippen molar-refractivity contribution in [3.8, 4) is 5.75 Å². The van der Waals surface area contributed by atoms with Gasteiger partial charge in [-0.1, -0.05) is 18.2 Å². The summed E-state index contributed by atoms with van der Waals surface area (Å²) in [6, 6.07) is 11.3. The van der Waals surface area contributed by atoms with Gasteiger partial charge in [0.2, 0.25) is 0 Å². The molecule has 154 valence electrons. The molecule has 0 saturated heterocycles. The number of hydrogen-bond acceptors (Lipinski definition) is 6. The monoisotopic (exact) mass is 408 g/mol. The van der Waals surface area contributed by atoms with Crippen LogP contribution in [0.2, 0.25) is 0 Å². The fraction of sp³-hybridized carbons (Fsp3) is 0.182. The summed E-state index contributed by atoms with van der Waals surface area (Å²) in [5.74, 6) is -1.46. The molecule has 2 aromatic carbocycles. The smallest absolute Gasteiger partial charge is 0.338 e. The van der Waals surface area contributed by atoms with Crippen LogP contribution in [0.3, 0.4) is 0 Å². The van der Waals surface area contributed by atoms with Gasteiger partial charge < -0.3 is 14.8 Å². The van der Waals surface area contributed by atoms with Crippen LogP contribution in [-0.4, -0.2) is 48.9 Å². The molecule has 0 atom stereocenters. The maximum atomic E-state index is 12.3. The van der Waals surface area contributed by atoms with Crippen LogP contribution in [-0.2, 0) is 16.1 Å². The van der Waals surface area contributed by atoms with E-state index in [1.807, 2.05) is 12.1 Å². The van der Waals surface area contributed by atoms with E-state index in [2.05, 4.69) is 11.9 Å². The molecule has 1 heterocycles. The molecule has 0 spiro atoms. The molecule has 1 N–H and O–H groups in total. The Bertz CT molecular complexity index is 1010. The average Bonchev–Trinajstić information content (AvgIpc) is 3.01. The zero-order chi connectivity index (χ0) is 21.7. The summed E-state index contributed by atoms with van der Waals surface area (Å²) < 4.78 is 10.1. The minimum atomic E-state index is -0.764. The van der Waals surface area contributed by atoms with Gasteiger partial charge in [-0.3, -0.25) is 19.3 Å². The number of benzene rings is 2. The molecule has 0 fully saturated rings. The zero-order valence-corrected chi connectivity index (χ0v) is 16.3. The number of imide groups is 1. The Labute approximate surface area is 173 Å². The van der Waals surface area contributed by atoms with Gasteiger partial charge in [-0.15, -0.1) is 6.58 Å². The lowest BCUT2D eigenvalue weighted by Crippen LogP contribution is -2.29. The highest BCUT2D eigenvalue weighted by molar-refractivity contribution is 6.22. The number of nitrogens with one attached hydrogen (secondary N) is 1. The van der Waals surface area contributed by atoms with Crippen LogP contribution in [0, 0.1) is 0 Å². The minimum absolute atomic E-state index is 0.0818. The first-order valence-electron chi connectivity index (χ1n) is 9.12. The molecule has 8 heteroatoms. The first kappa shape index (κ1) is 20.8. The van der Waals surface area contributed by atoms with Gasteiger partial charge in [-0.25, -0.2) is 4.79 Å². The Morgan fingerprint density at radius 2 is 1.77 bits per heavy atom. The predicted molar refractivity (Wildman–Crippen MR) is 107 cm³/mol. The second-order valence-electron chi connectivity index (χ2n) is 6.47. The molecule has 8 nitrogen and oxygen atoms in total. The number of ether oxygens (including phenoxy) is 2. The molecule has 0 radical (unpaired) electrons. The van der Waals surface area contributed by atoms with Crippen LogP contribution in [0.4, 0.5) is 0 Å². The molecule has 0 aromatic heterocycles. The van der Waals surface area contributed by atoms with Gasteiger partial charge in [0.05, 0.1) is 23.8 Å². The summed E-state index contributed by atoms with van der Waals surface area (Å²) in [6.45, 7) is 3.41. The van der Waals surface area contributed by atoms with Crippen molar-refractivity contribution < 1.29 is 28.7 Å². The molecule has 30 heavy (non-hydrogen) atoms. The number of hydrogen-bond donors (Lipinski definition) is 1. The number of rotatable bonds is 8. The number of amides is 3. The summed E-state index contributed by atoms with van der Waals surface area (Å²) in [5.41, 5.74) is 1.29. The van der Waals surface area contributed by atoms with Gasteiger partial charge in [0.25, 0.3) is 17.7 Å². The molecule has 0 aliphatic carbocycles. The Morgan fingerprint density at radius 3 is 2.43 bits per heavy atom. The molecule has 1 aliphatic rings. The predicted octanol–water partition coefficient (Wildman–Crippen LogP) is 1.95. The van der Waals surface area contributed by atoms with Gasteiger partial charge in [-0.05, 0) is 35.9 Å². The van der Waals surface area contributed by atoms with Crippen molar-refractivity contribution in [2.45, 2.75) is 6.54 Å². The molecule has 0 saturated carbocycles. The van der Waals surface area contributed by atoms with Crippen molar-refractivity contribution in [3.63, 3.8) is 0 Å². The third-order valence-electron chi connectivity index (χ3n) is 4.50. The normalized spacial score (nSPS) is 12.4. The lowest BCUT2D eigenvalue weighted by atomic mass is 10.1. The highest BCUT2D eigenvalue weighted by Crippen LogP contribution is 2.24. The number of carbonyl (C=O) groups excluding carboxylic acids is 4. The zero-order valence-electron chi connectivity index (χ0n) is 16.3. The quantitative estimate of drug-likeness (QED) is 0.407. The second-order valence-corrected chi connectivity index (χ2v) is 6.47. The molecule has 3 amide bonds. The Hall–Kier alpha value is -3.94. The minimum Gasteiger partial charge on any atom is -0.497 e. The third-order valence-corrected chi connectivity index (χ3v) is 4.50. The van der Waals surface area contributed by atoms with Crippen molar-refractivity contribution >= 4 is 23.7 Å². The molecule has 1 aliphatic heterocycles. The average molecular weight is 408 g/mol. The van der Waals surface area contributed by atoms with Crippen LogP contribution in [0.25, 0.3) is 0 Å². The van der Waals surface area contributed by atoms with E-state index in [0.29, 0.717) is 5.75 Å². The van der Waals surface area contributed by atoms with Gasteiger partial charge in [0.1, 0.15) is 5.75 Å². The fourth-order valence-corrected chi connectivity index (χ4v) is 2.92. The van der Waals surface area contributed by atoms with E-state index in [9.17, 15) is 19.2 Å². The van der Waals surface area contributed by atoms with E-state index in [1.54, 1.807) is 19.2 Å². The lowest BCUT2D eigenvalue weighted by Gasteiger charge is -2.09. The molecule has 3 rings (SSSR count). The summed E-state index contributed by atoms with van der Waals surface area (Å²) in [7, 11) is 1.57. The number of esters is 1. The highest BCUT2D eigenvalue weighted by Gasteiger charge is 2.35. The highest BCUT2D eigenvalue weighted by atomic mass is 16.5. The molecular weight excluding hydrogens is 388 g/mol. The van der Waals surface area contributed by atoms with Crippen LogP contribution < -0.4 is 10.1 Å². The molecule has 0 unspecified atom stereocenters. The van der Waals surface area contributed by atoms with Crippen LogP contribution in [0.1, 0.15) is 36.6 Å². The van der Waals surface area contributed by atoms with Crippen molar-refractivity contribution in [2.24, 2.45) is 0 Å². The van der Waals surface area contributed by atoms with E-state index >= 15 is 0 Å². The third kappa shape index (κ3) is 4.38. The summed E-state index contributed by atoms with van der Waals surface area (Å²) in [5, 5.41) is 2.65. The summed E-state index contributed by atoms with van der Waals surface area (Å²) in [4.78, 5) is 49.8. The van der Waals surface area contributed by atoms with E-state index < -0.39 is 30.3 Å². The maximum Gasteiger partial charge on any atom is 0.338 e. The number of fused-ring (bicyclic) bond motifs is 1. The van der Waals surface area contributed by atoms with Crippen molar-refractivity contribution in [3.05, 3.63) is 77.4 Å². The molecule has 2 aromatic rings. The Balaban J connectivity index is 1.55. The van der Waals surface area contributed by atoms with Crippen molar-refractivity contribution in [1.82, 2.24) is 10.2 Å². The maximum absolute atomic E-state index is 12.3. The summed E-state index contributed by atoms with van der Waals surface area (Å²) >= 11 is 0. The second kappa shape index (κ2) is 9.04. The standard InChI is InChI=1S/C22H20N2O6/c1-3-10-24-20(26)17-9-6-15(11-18(17)21(24)27)22(28)30-13-19(25)23-12-14-4-7-16(29-2)8-5-14/h3-9,11H,1,10,12-13H2,2H3,(H,23,25). The van der Waals surface area contributed by atoms with Gasteiger partial charge >= 0.3 is 5.97 Å². The van der Waals surface area contributed by atoms with Gasteiger partial charge in [-0.2, -0.15) is 0 Å². The number of methoxy groups -OCH3 is 1. The molecule has 0 bridgehead atoms. The van der Waals surface area contributed by atoms with Crippen LogP contribution >= 0.6 is 0 Å². The van der Waals surface area contributed by atoms with E-state index in [-0.39, 0.29) is 29.8 Å². The first-order valence-corrected chi connectivity index (χ1v) is 9.12. The van der Waals surface area contributed by atoms with E-state index in [0.717, 1.165) is 10.5 Å². The number of carbonyl (C=O) groups is 4. The molecular formula is C22H20N2O6. The SMILES string of the molecule is C=CCN1C(=O)c2ccc(C(=O)OCC(=O)NCc3ccc(OC)cc3)cc2C1=O. The van der Waals surface area contributed by atoms with Gasteiger partial charge in [0, 0.05) is 13.1 Å². The topological polar surface area (TPSA) is 102 Å². The van der Waals surface area contributed by atoms with Gasteiger partial charge in [0.15, 0.2) is 6.61 Å². The lowest BCUT2D eigenvalue weighted by molar-refractivity contribution is -0.124. The van der Waals surface area contributed by atoms with Crippen LogP contribution in [0.15, 0.2) is 55.1 Å². The van der Waals surface area contributed by atoms with Crippen molar-refractivity contribution in [1.29, 1.82) is 0 Å². The largest absolute Gasteiger partial charge is 0.497 e. The fourth-order valence-electron chi connectivity index (χ4n) is 2.92. The van der Waals surface area contributed by atoms with E-state index in [1.165, 1.54) is 24.3 Å². The van der Waals surface area contributed by atoms with E-state index in [4.69, 9.17) is 9.47 Å². The Morgan fingerprint density at radius 1 is 1.07 bits per heavy atom. The van der Waals surface area contributed by atoms with Crippen molar-refractivity contribution in [2.75, 3.05) is 20.3 Å².